The fourth-order valence-electron chi connectivity index (χ4n) is 3.05. The third kappa shape index (κ3) is 4.71. The highest BCUT2D eigenvalue weighted by Gasteiger charge is 2.34. The van der Waals surface area contributed by atoms with Crippen LogP contribution in [0.5, 0.6) is 0 Å². The Kier molecular flexibility index (Phi) is 5.57. The first-order valence-corrected chi connectivity index (χ1v) is 7.77. The lowest BCUT2D eigenvalue weighted by molar-refractivity contribution is -0.119. The summed E-state index contributed by atoms with van der Waals surface area (Å²) in [5.41, 5.74) is 1.23. The Morgan fingerprint density at radius 1 is 1.33 bits per heavy atom. The van der Waals surface area contributed by atoms with E-state index in [1.165, 1.54) is 5.56 Å². The van der Waals surface area contributed by atoms with Crippen LogP contribution in [0.3, 0.4) is 0 Å². The van der Waals surface area contributed by atoms with Crippen molar-refractivity contribution in [1.82, 2.24) is 10.2 Å². The molecule has 0 saturated carbocycles. The fraction of sp³-hybridized carbons (Fsp3) is 0.500. The van der Waals surface area contributed by atoms with E-state index in [0.717, 1.165) is 19.6 Å². The van der Waals surface area contributed by atoms with Gasteiger partial charge in [-0.1, -0.05) is 56.3 Å². The maximum atomic E-state index is 11.3. The summed E-state index contributed by atoms with van der Waals surface area (Å²) >= 11 is 0. The van der Waals surface area contributed by atoms with Crippen molar-refractivity contribution in [3.63, 3.8) is 0 Å². The fourth-order valence-corrected chi connectivity index (χ4v) is 3.05. The lowest BCUT2D eigenvalue weighted by atomic mass is 9.91. The highest BCUT2D eigenvalue weighted by Crippen LogP contribution is 2.24. The van der Waals surface area contributed by atoms with Crippen LogP contribution in [-0.4, -0.2) is 36.5 Å². The zero-order valence-electron chi connectivity index (χ0n) is 13.3. The minimum absolute atomic E-state index is 0.0762. The second-order valence-corrected chi connectivity index (χ2v) is 6.25. The largest absolute Gasteiger partial charge is 0.352 e. The average molecular weight is 286 g/mol. The van der Waals surface area contributed by atoms with Crippen LogP contribution in [0.1, 0.15) is 26.3 Å². The molecule has 0 unspecified atom stereocenters. The van der Waals surface area contributed by atoms with Crippen LogP contribution in [0.15, 0.2) is 36.4 Å². The molecule has 1 fully saturated rings. The molecule has 1 amide bonds. The molecule has 0 spiro atoms. The topological polar surface area (TPSA) is 32.3 Å². The lowest BCUT2D eigenvalue weighted by Gasteiger charge is -2.22. The molecule has 1 aliphatic rings. The van der Waals surface area contributed by atoms with Crippen LogP contribution in [0.25, 0.3) is 6.08 Å². The highest BCUT2D eigenvalue weighted by molar-refractivity contribution is 5.73. The van der Waals surface area contributed by atoms with Gasteiger partial charge in [0.05, 0.1) is 0 Å². The number of likely N-dealkylation sites (tertiary alicyclic amines) is 1. The number of nitrogens with zero attached hydrogens (tertiary/aromatic N) is 1. The molecule has 21 heavy (non-hydrogen) atoms. The third-order valence-electron chi connectivity index (χ3n) is 4.16. The summed E-state index contributed by atoms with van der Waals surface area (Å²) in [4.78, 5) is 13.8. The molecule has 0 bridgehead atoms. The predicted octanol–water partition coefficient (Wildman–Crippen LogP) is 2.79. The number of amides is 1. The van der Waals surface area contributed by atoms with Crippen molar-refractivity contribution in [2.24, 2.45) is 11.8 Å². The van der Waals surface area contributed by atoms with Crippen molar-refractivity contribution in [1.29, 1.82) is 0 Å². The normalized spacial score (nSPS) is 23.0. The number of nitrogens with one attached hydrogen (secondary N) is 1. The van der Waals surface area contributed by atoms with Gasteiger partial charge in [-0.05, 0) is 17.4 Å². The van der Waals surface area contributed by atoms with Crippen LogP contribution in [0, 0.1) is 11.8 Å². The molecule has 1 saturated heterocycles. The summed E-state index contributed by atoms with van der Waals surface area (Å²) in [7, 11) is 0. The highest BCUT2D eigenvalue weighted by atomic mass is 16.1. The molecule has 1 heterocycles. The summed E-state index contributed by atoms with van der Waals surface area (Å²) in [6.07, 6.45) is 4.37. The number of hydrogen-bond acceptors (Lipinski definition) is 2. The average Bonchev–Trinajstić information content (AvgIpc) is 2.82. The molecule has 114 valence electrons. The molecular formula is C18H26N2O. The Morgan fingerprint density at radius 3 is 2.67 bits per heavy atom. The van der Waals surface area contributed by atoms with Gasteiger partial charge >= 0.3 is 0 Å². The van der Waals surface area contributed by atoms with Gasteiger partial charge in [0.2, 0.25) is 5.91 Å². The van der Waals surface area contributed by atoms with E-state index in [1.54, 1.807) is 6.92 Å². The smallest absolute Gasteiger partial charge is 0.217 e. The van der Waals surface area contributed by atoms with Crippen LogP contribution >= 0.6 is 0 Å². The number of carbonyl (C=O) groups excluding carboxylic acids is 1. The summed E-state index contributed by atoms with van der Waals surface area (Å²) in [6.45, 7) is 9.03. The molecule has 2 atom stereocenters. The van der Waals surface area contributed by atoms with Crippen LogP contribution in [-0.2, 0) is 4.79 Å². The van der Waals surface area contributed by atoms with Crippen molar-refractivity contribution in [3.8, 4) is 0 Å². The molecule has 1 aromatic carbocycles. The first-order valence-electron chi connectivity index (χ1n) is 7.77. The SMILES string of the molecule is CC(=O)N[C@@H]1CN(CC=Cc2ccccc2)C[C@H]1C(C)C. The monoisotopic (exact) mass is 286 g/mol. The van der Waals surface area contributed by atoms with E-state index in [0.29, 0.717) is 11.8 Å². The maximum absolute atomic E-state index is 11.3. The summed E-state index contributed by atoms with van der Waals surface area (Å²) in [5, 5.41) is 3.11. The van der Waals surface area contributed by atoms with E-state index < -0.39 is 0 Å². The second-order valence-electron chi connectivity index (χ2n) is 6.25. The molecule has 1 aliphatic heterocycles. The van der Waals surface area contributed by atoms with E-state index in [-0.39, 0.29) is 11.9 Å². The van der Waals surface area contributed by atoms with Crippen molar-refractivity contribution in [2.45, 2.75) is 26.8 Å². The van der Waals surface area contributed by atoms with Gasteiger partial charge in [-0.2, -0.15) is 0 Å². The Balaban J connectivity index is 1.90. The molecule has 0 aromatic heterocycles. The standard InChI is InChI=1S/C18H26N2O/c1-14(2)17-12-20(13-18(17)19-15(3)21)11-7-10-16-8-5-4-6-9-16/h4-10,14,17-18H,11-13H2,1-3H3,(H,19,21)/t17-,18+/m0/s1. The minimum atomic E-state index is 0.0762. The van der Waals surface area contributed by atoms with E-state index in [9.17, 15) is 4.79 Å². The molecule has 2 rings (SSSR count). The summed E-state index contributed by atoms with van der Waals surface area (Å²) in [6, 6.07) is 10.6. The first-order chi connectivity index (χ1) is 10.1. The molecule has 3 nitrogen and oxygen atoms in total. The van der Waals surface area contributed by atoms with Crippen molar-refractivity contribution < 1.29 is 4.79 Å². The summed E-state index contributed by atoms with van der Waals surface area (Å²) in [5.74, 6) is 1.20. The second kappa shape index (κ2) is 7.41. The quantitative estimate of drug-likeness (QED) is 0.902. The predicted molar refractivity (Wildman–Crippen MR) is 87.8 cm³/mol. The first kappa shape index (κ1) is 15.8. The van der Waals surface area contributed by atoms with E-state index in [1.807, 2.05) is 6.07 Å². The zero-order valence-corrected chi connectivity index (χ0v) is 13.3. The number of carbonyl (C=O) groups is 1. The zero-order chi connectivity index (χ0) is 15.2. The summed E-state index contributed by atoms with van der Waals surface area (Å²) < 4.78 is 0. The van der Waals surface area contributed by atoms with Gasteiger partial charge in [0, 0.05) is 32.6 Å². The van der Waals surface area contributed by atoms with Crippen LogP contribution in [0.2, 0.25) is 0 Å². The molecule has 0 radical (unpaired) electrons. The molecule has 0 aliphatic carbocycles. The van der Waals surface area contributed by atoms with Gasteiger partial charge in [-0.15, -0.1) is 0 Å². The van der Waals surface area contributed by atoms with Gasteiger partial charge in [0.15, 0.2) is 0 Å². The van der Waals surface area contributed by atoms with Gasteiger partial charge < -0.3 is 5.32 Å². The number of hydrogen-bond donors (Lipinski definition) is 1. The maximum Gasteiger partial charge on any atom is 0.217 e. The molecule has 3 heteroatoms. The Labute approximate surface area is 128 Å². The molecular weight excluding hydrogens is 260 g/mol. The van der Waals surface area contributed by atoms with Gasteiger partial charge in [-0.25, -0.2) is 0 Å². The number of rotatable bonds is 5. The van der Waals surface area contributed by atoms with Crippen molar-refractivity contribution in [3.05, 3.63) is 42.0 Å². The Bertz CT molecular complexity index is 481. The van der Waals surface area contributed by atoms with E-state index >= 15 is 0 Å². The van der Waals surface area contributed by atoms with Gasteiger partial charge in [-0.3, -0.25) is 9.69 Å². The van der Waals surface area contributed by atoms with Crippen molar-refractivity contribution in [2.75, 3.05) is 19.6 Å². The number of benzene rings is 1. The lowest BCUT2D eigenvalue weighted by Crippen LogP contribution is -2.40. The van der Waals surface area contributed by atoms with Gasteiger partial charge in [0.25, 0.3) is 0 Å². The minimum Gasteiger partial charge on any atom is -0.352 e. The van der Waals surface area contributed by atoms with Crippen LogP contribution < -0.4 is 5.32 Å². The molecule has 1 N–H and O–H groups in total. The van der Waals surface area contributed by atoms with E-state index in [2.05, 4.69) is 60.5 Å². The van der Waals surface area contributed by atoms with Gasteiger partial charge in [0.1, 0.15) is 0 Å². The van der Waals surface area contributed by atoms with Crippen LogP contribution in [0.4, 0.5) is 0 Å². The van der Waals surface area contributed by atoms with Crippen molar-refractivity contribution >= 4 is 12.0 Å². The molecule has 1 aromatic rings. The third-order valence-corrected chi connectivity index (χ3v) is 4.16. The Hall–Kier alpha value is -1.61. The Morgan fingerprint density at radius 2 is 2.05 bits per heavy atom. The van der Waals surface area contributed by atoms with E-state index in [4.69, 9.17) is 0 Å².